The van der Waals surface area contributed by atoms with Crippen LogP contribution in [0, 0.1) is 5.41 Å². The molecule has 0 bridgehead atoms. The number of anilines is 1. The van der Waals surface area contributed by atoms with Gasteiger partial charge in [-0.2, -0.15) is 0 Å². The highest BCUT2D eigenvalue weighted by Crippen LogP contribution is 2.53. The summed E-state index contributed by atoms with van der Waals surface area (Å²) in [6, 6.07) is 18.2. The van der Waals surface area contributed by atoms with Gasteiger partial charge >= 0.3 is 0 Å². The van der Waals surface area contributed by atoms with Crippen LogP contribution in [0.3, 0.4) is 0 Å². The van der Waals surface area contributed by atoms with E-state index < -0.39 is 0 Å². The minimum absolute atomic E-state index is 0.0789. The number of ketones is 1. The van der Waals surface area contributed by atoms with Gasteiger partial charge in [0, 0.05) is 28.8 Å². The molecular weight excluding hydrogens is 386 g/mol. The molecule has 0 radical (unpaired) electrons. The molecule has 0 saturated heterocycles. The minimum Gasteiger partial charge on any atom is -0.497 e. The highest BCUT2D eigenvalue weighted by Gasteiger charge is 2.41. The van der Waals surface area contributed by atoms with Gasteiger partial charge in [0.25, 0.3) is 0 Å². The van der Waals surface area contributed by atoms with Gasteiger partial charge in [0.15, 0.2) is 5.78 Å². The molecule has 0 saturated carbocycles. The Kier molecular flexibility index (Phi) is 4.54. The van der Waals surface area contributed by atoms with Crippen molar-refractivity contribution in [2.45, 2.75) is 32.7 Å². The van der Waals surface area contributed by atoms with Crippen LogP contribution in [-0.2, 0) is 4.79 Å². The van der Waals surface area contributed by atoms with Gasteiger partial charge < -0.3 is 14.8 Å². The zero-order chi connectivity index (χ0) is 21.8. The zero-order valence-corrected chi connectivity index (χ0v) is 18.4. The Labute approximate surface area is 182 Å². The number of Topliss-reactive ketones (excluding diaryl/α,β-unsaturated/α-hetero) is 1. The molecule has 0 fully saturated rings. The van der Waals surface area contributed by atoms with Gasteiger partial charge in [0.2, 0.25) is 0 Å². The van der Waals surface area contributed by atoms with E-state index in [1.54, 1.807) is 14.2 Å². The first-order valence-electron chi connectivity index (χ1n) is 10.7. The molecule has 1 heterocycles. The highest BCUT2D eigenvalue weighted by atomic mass is 16.5. The number of hydrogen-bond acceptors (Lipinski definition) is 4. The summed E-state index contributed by atoms with van der Waals surface area (Å²) >= 11 is 0. The Hall–Kier alpha value is -3.27. The first kappa shape index (κ1) is 19.7. The van der Waals surface area contributed by atoms with Gasteiger partial charge in [0.1, 0.15) is 11.5 Å². The second-order valence-electron chi connectivity index (χ2n) is 9.23. The lowest BCUT2D eigenvalue weighted by molar-refractivity contribution is -0.118. The van der Waals surface area contributed by atoms with Gasteiger partial charge in [-0.1, -0.05) is 44.2 Å². The minimum atomic E-state index is -0.280. The Bertz CT molecular complexity index is 1240. The van der Waals surface area contributed by atoms with Gasteiger partial charge in [0.05, 0.1) is 20.3 Å². The zero-order valence-electron chi connectivity index (χ0n) is 18.4. The normalized spacial score (nSPS) is 19.5. The molecular formula is C27H27NO3. The number of ether oxygens (including phenoxy) is 2. The van der Waals surface area contributed by atoms with Crippen LogP contribution in [-0.4, -0.2) is 20.0 Å². The summed E-state index contributed by atoms with van der Waals surface area (Å²) in [6.07, 6.45) is 1.40. The van der Waals surface area contributed by atoms with Crippen LogP contribution in [0.25, 0.3) is 16.3 Å². The van der Waals surface area contributed by atoms with Crippen molar-refractivity contribution in [3.8, 4) is 11.5 Å². The fraction of sp³-hybridized carbons (Fsp3) is 0.296. The number of carbonyl (C=O) groups is 1. The van der Waals surface area contributed by atoms with Crippen molar-refractivity contribution >= 4 is 27.8 Å². The molecule has 2 aliphatic rings. The SMILES string of the molecule is COc1ccc(OC)c(C2Nc3ccc4ccccc4c3C3=C2C(=O)CC(C)(C)C3)c1. The van der Waals surface area contributed by atoms with E-state index in [-0.39, 0.29) is 17.2 Å². The van der Waals surface area contributed by atoms with Crippen LogP contribution in [0.5, 0.6) is 11.5 Å². The fourth-order valence-corrected chi connectivity index (χ4v) is 5.14. The van der Waals surface area contributed by atoms with Gasteiger partial charge in [-0.25, -0.2) is 0 Å². The maximum Gasteiger partial charge on any atom is 0.162 e. The molecule has 5 rings (SSSR count). The van der Waals surface area contributed by atoms with Gasteiger partial charge in [-0.05, 0) is 52.4 Å². The Balaban J connectivity index is 1.81. The number of fused-ring (bicyclic) bond motifs is 4. The summed E-state index contributed by atoms with van der Waals surface area (Å²) in [5.74, 6) is 1.69. The predicted molar refractivity (Wildman–Crippen MR) is 125 cm³/mol. The van der Waals surface area contributed by atoms with Crippen LogP contribution in [0.4, 0.5) is 5.69 Å². The maximum atomic E-state index is 13.6. The van der Waals surface area contributed by atoms with Crippen molar-refractivity contribution in [2.75, 3.05) is 19.5 Å². The topological polar surface area (TPSA) is 47.6 Å². The van der Waals surface area contributed by atoms with Crippen LogP contribution in [0.2, 0.25) is 0 Å². The molecule has 31 heavy (non-hydrogen) atoms. The molecule has 4 nitrogen and oxygen atoms in total. The molecule has 1 N–H and O–H groups in total. The quantitative estimate of drug-likeness (QED) is 0.558. The Morgan fingerprint density at radius 3 is 2.55 bits per heavy atom. The molecule has 1 aliphatic heterocycles. The molecule has 0 aromatic heterocycles. The fourth-order valence-electron chi connectivity index (χ4n) is 5.14. The van der Waals surface area contributed by atoms with Gasteiger partial charge in [-0.3, -0.25) is 4.79 Å². The molecule has 3 aromatic rings. The lowest BCUT2D eigenvalue weighted by Gasteiger charge is -2.40. The number of methoxy groups -OCH3 is 2. The summed E-state index contributed by atoms with van der Waals surface area (Å²) in [5.41, 5.74) is 5.06. The molecule has 1 atom stereocenters. The monoisotopic (exact) mass is 413 g/mol. The Morgan fingerprint density at radius 2 is 1.77 bits per heavy atom. The largest absolute Gasteiger partial charge is 0.497 e. The van der Waals surface area contributed by atoms with E-state index in [1.807, 2.05) is 18.2 Å². The summed E-state index contributed by atoms with van der Waals surface area (Å²) in [7, 11) is 3.32. The average molecular weight is 414 g/mol. The highest BCUT2D eigenvalue weighted by molar-refractivity contribution is 6.13. The summed E-state index contributed by atoms with van der Waals surface area (Å²) in [6.45, 7) is 4.37. The van der Waals surface area contributed by atoms with E-state index in [1.165, 1.54) is 10.8 Å². The molecule has 158 valence electrons. The smallest absolute Gasteiger partial charge is 0.162 e. The number of hydrogen-bond donors (Lipinski definition) is 1. The van der Waals surface area contributed by atoms with Crippen molar-refractivity contribution in [2.24, 2.45) is 5.41 Å². The Morgan fingerprint density at radius 1 is 0.968 bits per heavy atom. The number of carbonyl (C=O) groups excluding carboxylic acids is 1. The molecule has 4 heteroatoms. The summed E-state index contributed by atoms with van der Waals surface area (Å²) < 4.78 is 11.2. The van der Waals surface area contributed by atoms with Crippen molar-refractivity contribution in [3.63, 3.8) is 0 Å². The third-order valence-electron chi connectivity index (χ3n) is 6.49. The number of rotatable bonds is 3. The second-order valence-corrected chi connectivity index (χ2v) is 9.23. The van der Waals surface area contributed by atoms with Crippen molar-refractivity contribution in [1.29, 1.82) is 0 Å². The third-order valence-corrected chi connectivity index (χ3v) is 6.49. The molecule has 1 unspecified atom stereocenters. The number of benzene rings is 3. The standard InChI is InChI=1S/C27H27NO3/c1-27(2)14-20-24-18-8-6-5-7-16(18)9-11-21(24)28-26(25(20)22(29)15-27)19-13-17(30-3)10-12-23(19)31-4/h5-13,26,28H,14-15H2,1-4H3. The first-order valence-corrected chi connectivity index (χ1v) is 10.7. The van der Waals surface area contributed by atoms with E-state index in [4.69, 9.17) is 9.47 Å². The van der Waals surface area contributed by atoms with Crippen molar-refractivity contribution < 1.29 is 14.3 Å². The van der Waals surface area contributed by atoms with Gasteiger partial charge in [-0.15, -0.1) is 0 Å². The van der Waals surface area contributed by atoms with Crippen LogP contribution < -0.4 is 14.8 Å². The van der Waals surface area contributed by atoms with E-state index >= 15 is 0 Å². The van der Waals surface area contributed by atoms with Crippen molar-refractivity contribution in [3.05, 3.63) is 71.3 Å². The van der Waals surface area contributed by atoms with E-state index in [2.05, 4.69) is 55.6 Å². The predicted octanol–water partition coefficient (Wildman–Crippen LogP) is 6.17. The van der Waals surface area contributed by atoms with E-state index in [9.17, 15) is 4.79 Å². The molecule has 0 spiro atoms. The number of nitrogens with one attached hydrogen (secondary N) is 1. The average Bonchev–Trinajstić information content (AvgIpc) is 2.76. The van der Waals surface area contributed by atoms with Crippen LogP contribution in [0.15, 0.2) is 60.2 Å². The number of allylic oxidation sites excluding steroid dienone is 1. The summed E-state index contributed by atoms with van der Waals surface area (Å²) in [5, 5.41) is 6.04. The first-order chi connectivity index (χ1) is 14.9. The van der Waals surface area contributed by atoms with Crippen LogP contribution >= 0.6 is 0 Å². The van der Waals surface area contributed by atoms with E-state index in [0.29, 0.717) is 6.42 Å². The molecule has 3 aromatic carbocycles. The van der Waals surface area contributed by atoms with Crippen molar-refractivity contribution in [1.82, 2.24) is 0 Å². The second kappa shape index (κ2) is 7.16. The lowest BCUT2D eigenvalue weighted by atomic mass is 9.67. The van der Waals surface area contributed by atoms with E-state index in [0.717, 1.165) is 45.9 Å². The van der Waals surface area contributed by atoms with Crippen LogP contribution in [0.1, 0.15) is 43.9 Å². The lowest BCUT2D eigenvalue weighted by Crippen LogP contribution is -2.33. The molecule has 1 aliphatic carbocycles. The maximum absolute atomic E-state index is 13.6. The third kappa shape index (κ3) is 3.18. The molecule has 0 amide bonds. The summed E-state index contributed by atoms with van der Waals surface area (Å²) in [4.78, 5) is 13.6.